The van der Waals surface area contributed by atoms with Crippen molar-refractivity contribution < 1.29 is 5.11 Å². The van der Waals surface area contributed by atoms with Gasteiger partial charge < -0.3 is 5.11 Å². The van der Waals surface area contributed by atoms with Crippen molar-refractivity contribution in [3.05, 3.63) is 50.4 Å². The second-order valence-corrected chi connectivity index (χ2v) is 5.50. The summed E-state index contributed by atoms with van der Waals surface area (Å²) in [4.78, 5) is 5.29. The van der Waals surface area contributed by atoms with E-state index >= 15 is 0 Å². The van der Waals surface area contributed by atoms with Crippen molar-refractivity contribution in [2.45, 2.75) is 19.4 Å². The fourth-order valence-corrected chi connectivity index (χ4v) is 3.09. The molecule has 84 valence electrons. The van der Waals surface area contributed by atoms with Gasteiger partial charge in [-0.3, -0.25) is 4.98 Å². The minimum Gasteiger partial charge on any atom is -0.388 e. The van der Waals surface area contributed by atoms with Crippen LogP contribution in [0.4, 0.5) is 0 Å². The summed E-state index contributed by atoms with van der Waals surface area (Å²) in [6.07, 6.45) is 1.91. The summed E-state index contributed by atoms with van der Waals surface area (Å²) in [7, 11) is 0. The third-order valence-electron chi connectivity index (χ3n) is 2.38. The van der Waals surface area contributed by atoms with Crippen LogP contribution in [0.2, 0.25) is 0 Å². The number of pyridine rings is 1. The molecular weight excluding hydrogens is 286 g/mol. The van der Waals surface area contributed by atoms with Crippen molar-refractivity contribution in [2.24, 2.45) is 0 Å². The zero-order valence-corrected chi connectivity index (χ0v) is 11.3. The third-order valence-corrected chi connectivity index (χ3v) is 4.32. The Kier molecular flexibility index (Phi) is 3.74. The molecule has 1 N–H and O–H groups in total. The first-order valence-electron chi connectivity index (χ1n) is 4.99. The fraction of sp³-hybridized carbons (Fsp3) is 0.250. The lowest BCUT2D eigenvalue weighted by Crippen LogP contribution is -2.01. The highest BCUT2D eigenvalue weighted by Gasteiger charge is 2.11. The molecule has 0 aliphatic carbocycles. The summed E-state index contributed by atoms with van der Waals surface area (Å²) < 4.78 is 1.07. The number of hydrogen-bond acceptors (Lipinski definition) is 3. The number of hydrogen-bond donors (Lipinski definition) is 1. The second kappa shape index (κ2) is 5.08. The van der Waals surface area contributed by atoms with E-state index in [0.29, 0.717) is 6.42 Å². The summed E-state index contributed by atoms with van der Waals surface area (Å²) in [5.74, 6) is 0. The maximum atomic E-state index is 10.1. The average molecular weight is 298 g/mol. The number of rotatable bonds is 3. The van der Waals surface area contributed by atoms with Gasteiger partial charge in [0, 0.05) is 27.7 Å². The van der Waals surface area contributed by atoms with Gasteiger partial charge in [0.1, 0.15) is 0 Å². The van der Waals surface area contributed by atoms with E-state index in [0.717, 1.165) is 15.7 Å². The van der Waals surface area contributed by atoms with Crippen LogP contribution in [-0.2, 0) is 6.42 Å². The van der Waals surface area contributed by atoms with E-state index in [2.05, 4.69) is 20.9 Å². The molecule has 1 unspecified atom stereocenters. The van der Waals surface area contributed by atoms with Gasteiger partial charge in [-0.2, -0.15) is 0 Å². The van der Waals surface area contributed by atoms with Gasteiger partial charge in [0.25, 0.3) is 0 Å². The Balaban J connectivity index is 2.14. The molecule has 0 saturated carbocycles. The van der Waals surface area contributed by atoms with Crippen molar-refractivity contribution in [3.63, 3.8) is 0 Å². The van der Waals surface area contributed by atoms with Crippen molar-refractivity contribution in [1.29, 1.82) is 0 Å². The van der Waals surface area contributed by atoms with Gasteiger partial charge in [0.15, 0.2) is 0 Å². The Morgan fingerprint density at radius 2 is 2.31 bits per heavy atom. The lowest BCUT2D eigenvalue weighted by molar-refractivity contribution is 0.179. The third kappa shape index (κ3) is 2.70. The lowest BCUT2D eigenvalue weighted by Gasteiger charge is -2.10. The van der Waals surface area contributed by atoms with Crippen LogP contribution >= 0.6 is 27.3 Å². The van der Waals surface area contributed by atoms with E-state index in [1.54, 1.807) is 17.5 Å². The number of aromatic nitrogens is 1. The molecule has 0 aromatic carbocycles. The highest BCUT2D eigenvalue weighted by Crippen LogP contribution is 2.28. The molecule has 0 amide bonds. The topological polar surface area (TPSA) is 33.1 Å². The summed E-state index contributed by atoms with van der Waals surface area (Å²) in [5.41, 5.74) is 1.86. The van der Waals surface area contributed by atoms with Crippen molar-refractivity contribution in [2.75, 3.05) is 0 Å². The van der Waals surface area contributed by atoms with Crippen LogP contribution in [0.15, 0.2) is 34.2 Å². The Morgan fingerprint density at radius 3 is 2.94 bits per heavy atom. The molecule has 2 rings (SSSR count). The maximum Gasteiger partial charge on any atom is 0.0839 e. The smallest absolute Gasteiger partial charge is 0.0839 e. The number of aryl methyl sites for hydroxylation is 1. The van der Waals surface area contributed by atoms with Crippen molar-refractivity contribution in [3.8, 4) is 0 Å². The molecule has 0 aliphatic heterocycles. The first-order valence-corrected chi connectivity index (χ1v) is 6.66. The zero-order chi connectivity index (χ0) is 11.5. The molecule has 0 bridgehead atoms. The van der Waals surface area contributed by atoms with Gasteiger partial charge in [0.2, 0.25) is 0 Å². The standard InChI is InChI=1S/C12H12BrNOS/c1-8-6-9(2-4-14-8)11(15)7-12-10(13)3-5-16-12/h2-6,11,15H,7H2,1H3. The van der Waals surface area contributed by atoms with Crippen LogP contribution in [0.25, 0.3) is 0 Å². The van der Waals surface area contributed by atoms with Crippen LogP contribution in [0, 0.1) is 6.92 Å². The Labute approximate surface area is 107 Å². The van der Waals surface area contributed by atoms with Gasteiger partial charge in [-0.1, -0.05) is 0 Å². The van der Waals surface area contributed by atoms with E-state index in [9.17, 15) is 5.11 Å². The Morgan fingerprint density at radius 1 is 1.50 bits per heavy atom. The first kappa shape index (κ1) is 11.8. The molecule has 4 heteroatoms. The average Bonchev–Trinajstić information content (AvgIpc) is 2.64. The molecule has 0 radical (unpaired) electrons. The molecular formula is C12H12BrNOS. The van der Waals surface area contributed by atoms with Crippen LogP contribution in [-0.4, -0.2) is 10.1 Å². The highest BCUT2D eigenvalue weighted by molar-refractivity contribution is 9.10. The molecule has 0 saturated heterocycles. The highest BCUT2D eigenvalue weighted by atomic mass is 79.9. The number of nitrogens with zero attached hydrogens (tertiary/aromatic N) is 1. The number of aliphatic hydroxyl groups excluding tert-OH is 1. The normalized spacial score (nSPS) is 12.7. The summed E-state index contributed by atoms with van der Waals surface area (Å²) in [5, 5.41) is 12.1. The summed E-state index contributed by atoms with van der Waals surface area (Å²) >= 11 is 5.12. The maximum absolute atomic E-state index is 10.1. The molecule has 2 aromatic heterocycles. The van der Waals surface area contributed by atoms with Gasteiger partial charge in [-0.15, -0.1) is 11.3 Å². The van der Waals surface area contributed by atoms with E-state index in [-0.39, 0.29) is 0 Å². The van der Waals surface area contributed by atoms with Gasteiger partial charge in [-0.25, -0.2) is 0 Å². The number of halogens is 1. The van der Waals surface area contributed by atoms with Crippen molar-refractivity contribution in [1.82, 2.24) is 4.98 Å². The molecule has 0 fully saturated rings. The van der Waals surface area contributed by atoms with E-state index in [1.165, 1.54) is 4.88 Å². The number of aliphatic hydroxyl groups is 1. The number of thiophene rings is 1. The monoisotopic (exact) mass is 297 g/mol. The summed E-state index contributed by atoms with van der Waals surface area (Å²) in [6.45, 7) is 1.93. The Bertz CT molecular complexity index is 483. The van der Waals surface area contributed by atoms with Crippen LogP contribution in [0.3, 0.4) is 0 Å². The van der Waals surface area contributed by atoms with Crippen molar-refractivity contribution >= 4 is 27.3 Å². The minimum absolute atomic E-state index is 0.461. The predicted octanol–water partition coefficient (Wildman–Crippen LogP) is 3.49. The minimum atomic E-state index is -0.461. The molecule has 0 spiro atoms. The quantitative estimate of drug-likeness (QED) is 0.941. The van der Waals surface area contributed by atoms with E-state index in [1.807, 2.05) is 30.5 Å². The van der Waals surface area contributed by atoms with E-state index < -0.39 is 6.10 Å². The molecule has 2 aromatic rings. The van der Waals surface area contributed by atoms with Crippen LogP contribution < -0.4 is 0 Å². The summed E-state index contributed by atoms with van der Waals surface area (Å²) in [6, 6.07) is 5.79. The molecule has 2 heterocycles. The Hall–Kier alpha value is -0.710. The first-order chi connectivity index (χ1) is 7.66. The zero-order valence-electron chi connectivity index (χ0n) is 8.85. The fourth-order valence-electron chi connectivity index (χ4n) is 1.54. The van der Waals surface area contributed by atoms with Crippen LogP contribution in [0.1, 0.15) is 22.2 Å². The van der Waals surface area contributed by atoms with Gasteiger partial charge in [-0.05, 0) is 52.0 Å². The van der Waals surface area contributed by atoms with Gasteiger partial charge >= 0.3 is 0 Å². The lowest BCUT2D eigenvalue weighted by atomic mass is 10.1. The largest absolute Gasteiger partial charge is 0.388 e. The SMILES string of the molecule is Cc1cc(C(O)Cc2sccc2Br)ccn1. The predicted molar refractivity (Wildman–Crippen MR) is 69.7 cm³/mol. The molecule has 0 aliphatic rings. The van der Waals surface area contributed by atoms with Crippen LogP contribution in [0.5, 0.6) is 0 Å². The van der Waals surface area contributed by atoms with Gasteiger partial charge in [0.05, 0.1) is 6.10 Å². The van der Waals surface area contributed by atoms with E-state index in [4.69, 9.17) is 0 Å². The second-order valence-electron chi connectivity index (χ2n) is 3.64. The molecule has 16 heavy (non-hydrogen) atoms. The molecule has 2 nitrogen and oxygen atoms in total. The molecule has 1 atom stereocenters.